The summed E-state index contributed by atoms with van der Waals surface area (Å²) in [5.41, 5.74) is 13.2. The Bertz CT molecular complexity index is 1130. The summed E-state index contributed by atoms with van der Waals surface area (Å²) >= 11 is 0. The molecule has 0 aliphatic carbocycles. The van der Waals surface area contributed by atoms with Crippen LogP contribution in [0.1, 0.15) is 18.8 Å². The van der Waals surface area contributed by atoms with E-state index in [0.717, 1.165) is 0 Å². The van der Waals surface area contributed by atoms with Gasteiger partial charge in [0.1, 0.15) is 23.7 Å². The fourth-order valence-corrected chi connectivity index (χ4v) is 2.91. The van der Waals surface area contributed by atoms with Gasteiger partial charge in [0.15, 0.2) is 17.5 Å². The van der Waals surface area contributed by atoms with Crippen molar-refractivity contribution in [3.63, 3.8) is 0 Å². The molecule has 0 aliphatic rings. The highest BCUT2D eigenvalue weighted by molar-refractivity contribution is 5.78. The molecule has 0 saturated carbocycles. The minimum absolute atomic E-state index is 0.194. The van der Waals surface area contributed by atoms with Gasteiger partial charge in [-0.2, -0.15) is 5.10 Å². The molecule has 4 aromatic rings. The fourth-order valence-electron chi connectivity index (χ4n) is 2.91. The van der Waals surface area contributed by atoms with E-state index in [1.807, 2.05) is 26.2 Å². The Hall–Kier alpha value is -3.69. The molecule has 0 spiro atoms. The summed E-state index contributed by atoms with van der Waals surface area (Å²) in [5.74, 6) is 1.51. The number of anilines is 3. The number of hydrogen-bond acceptors (Lipinski definition) is 7. The molecule has 0 amide bonds. The predicted molar refractivity (Wildman–Crippen MR) is 101 cm³/mol. The highest BCUT2D eigenvalue weighted by atomic mass is 19.1. The molecule has 27 heavy (non-hydrogen) atoms. The standard InChI is InChI=1S/C17H18FN9/c1-9(23-16-14(19)15(20)21-8-22-16)17-24-11-4-3-10(18)7-12(11)27(17)13-5-6-26(2)25-13/h3-9H,19H2,1-2H3,(H3,20,21,22,23)/t9-/m0/s1. The number of aromatic nitrogens is 6. The van der Waals surface area contributed by atoms with Crippen LogP contribution in [0.25, 0.3) is 16.9 Å². The quantitative estimate of drug-likeness (QED) is 0.504. The average molecular weight is 367 g/mol. The largest absolute Gasteiger partial charge is 0.393 e. The number of rotatable bonds is 4. The predicted octanol–water partition coefficient (Wildman–Crippen LogP) is 2.03. The molecule has 0 bridgehead atoms. The van der Waals surface area contributed by atoms with Crippen molar-refractivity contribution in [3.8, 4) is 5.82 Å². The summed E-state index contributed by atoms with van der Waals surface area (Å²) in [6.45, 7) is 1.90. The molecule has 4 rings (SSSR count). The highest BCUT2D eigenvalue weighted by Crippen LogP contribution is 2.29. The van der Waals surface area contributed by atoms with Gasteiger partial charge in [0, 0.05) is 25.4 Å². The number of nitrogens with zero attached hydrogens (tertiary/aromatic N) is 6. The molecule has 3 heterocycles. The number of nitrogens with two attached hydrogens (primary N) is 2. The minimum Gasteiger partial charge on any atom is -0.393 e. The lowest BCUT2D eigenvalue weighted by atomic mass is 10.3. The van der Waals surface area contributed by atoms with E-state index in [0.29, 0.717) is 28.5 Å². The maximum absolute atomic E-state index is 13.9. The zero-order valence-corrected chi connectivity index (χ0v) is 14.8. The van der Waals surface area contributed by atoms with Gasteiger partial charge in [-0.3, -0.25) is 9.25 Å². The molecule has 0 radical (unpaired) electrons. The lowest BCUT2D eigenvalue weighted by molar-refractivity contribution is 0.629. The van der Waals surface area contributed by atoms with E-state index in [1.54, 1.807) is 15.3 Å². The van der Waals surface area contributed by atoms with Gasteiger partial charge in [0.05, 0.1) is 17.1 Å². The third-order valence-corrected chi connectivity index (χ3v) is 4.23. The van der Waals surface area contributed by atoms with Gasteiger partial charge in [0.25, 0.3) is 0 Å². The number of imidazole rings is 1. The molecule has 0 aliphatic heterocycles. The van der Waals surface area contributed by atoms with Gasteiger partial charge in [-0.25, -0.2) is 19.3 Å². The van der Waals surface area contributed by atoms with Crippen molar-refractivity contribution in [3.05, 3.63) is 48.4 Å². The van der Waals surface area contributed by atoms with Gasteiger partial charge >= 0.3 is 0 Å². The Kier molecular flexibility index (Phi) is 3.87. The SMILES string of the molecule is C[C@H](Nc1ncnc(N)c1N)c1nc2ccc(F)cc2n1-c1ccn(C)n1. The summed E-state index contributed by atoms with van der Waals surface area (Å²) in [7, 11) is 1.81. The van der Waals surface area contributed by atoms with Crippen LogP contribution in [-0.2, 0) is 7.05 Å². The number of nitrogens with one attached hydrogen (secondary N) is 1. The van der Waals surface area contributed by atoms with Crippen LogP contribution in [0.15, 0.2) is 36.8 Å². The van der Waals surface area contributed by atoms with E-state index in [4.69, 9.17) is 11.5 Å². The first-order valence-corrected chi connectivity index (χ1v) is 8.24. The molecule has 0 unspecified atom stereocenters. The second-order valence-corrected chi connectivity index (χ2v) is 6.17. The van der Waals surface area contributed by atoms with Gasteiger partial charge in [-0.15, -0.1) is 0 Å². The van der Waals surface area contributed by atoms with Crippen LogP contribution in [-0.4, -0.2) is 29.3 Å². The molecule has 0 saturated heterocycles. The van der Waals surface area contributed by atoms with Crippen molar-refractivity contribution >= 4 is 28.4 Å². The van der Waals surface area contributed by atoms with Crippen LogP contribution in [0.3, 0.4) is 0 Å². The van der Waals surface area contributed by atoms with E-state index in [2.05, 4.69) is 25.4 Å². The van der Waals surface area contributed by atoms with Crippen molar-refractivity contribution in [2.75, 3.05) is 16.8 Å². The Morgan fingerprint density at radius 2 is 2.00 bits per heavy atom. The molecule has 3 aromatic heterocycles. The zero-order chi connectivity index (χ0) is 19.1. The van der Waals surface area contributed by atoms with Crippen molar-refractivity contribution in [2.45, 2.75) is 13.0 Å². The maximum Gasteiger partial charge on any atom is 0.160 e. The van der Waals surface area contributed by atoms with Crippen LogP contribution in [0.2, 0.25) is 0 Å². The van der Waals surface area contributed by atoms with Gasteiger partial charge < -0.3 is 16.8 Å². The molecule has 0 fully saturated rings. The van der Waals surface area contributed by atoms with Crippen molar-refractivity contribution in [2.24, 2.45) is 7.05 Å². The Balaban J connectivity index is 1.84. The van der Waals surface area contributed by atoms with E-state index >= 15 is 0 Å². The summed E-state index contributed by atoms with van der Waals surface area (Å²) in [4.78, 5) is 12.6. The number of aryl methyl sites for hydroxylation is 1. The topological polar surface area (TPSA) is 125 Å². The van der Waals surface area contributed by atoms with E-state index in [1.165, 1.54) is 18.5 Å². The highest BCUT2D eigenvalue weighted by Gasteiger charge is 2.21. The first-order chi connectivity index (χ1) is 12.9. The molecular weight excluding hydrogens is 349 g/mol. The molecule has 1 aromatic carbocycles. The van der Waals surface area contributed by atoms with E-state index in [-0.39, 0.29) is 23.4 Å². The van der Waals surface area contributed by atoms with E-state index in [9.17, 15) is 4.39 Å². The smallest absolute Gasteiger partial charge is 0.160 e. The lowest BCUT2D eigenvalue weighted by Gasteiger charge is -2.17. The fraction of sp³-hybridized carbons (Fsp3) is 0.176. The lowest BCUT2D eigenvalue weighted by Crippen LogP contribution is -2.16. The average Bonchev–Trinajstić information content (AvgIpc) is 3.21. The van der Waals surface area contributed by atoms with Crippen LogP contribution < -0.4 is 16.8 Å². The summed E-state index contributed by atoms with van der Waals surface area (Å²) < 4.78 is 17.3. The van der Waals surface area contributed by atoms with Crippen molar-refractivity contribution in [1.82, 2.24) is 29.3 Å². The van der Waals surface area contributed by atoms with Crippen LogP contribution in [0.5, 0.6) is 0 Å². The Morgan fingerprint density at radius 3 is 2.74 bits per heavy atom. The molecule has 10 heteroatoms. The second kappa shape index (κ2) is 6.24. The van der Waals surface area contributed by atoms with Gasteiger partial charge in [-0.05, 0) is 19.1 Å². The van der Waals surface area contributed by atoms with Crippen LogP contribution in [0.4, 0.5) is 21.7 Å². The molecule has 9 nitrogen and oxygen atoms in total. The zero-order valence-electron chi connectivity index (χ0n) is 14.8. The first kappa shape index (κ1) is 16.8. The summed E-state index contributed by atoms with van der Waals surface area (Å²) in [5, 5.41) is 7.63. The van der Waals surface area contributed by atoms with Crippen LogP contribution >= 0.6 is 0 Å². The number of benzene rings is 1. The normalized spacial score (nSPS) is 12.4. The number of fused-ring (bicyclic) bond motifs is 1. The third-order valence-electron chi connectivity index (χ3n) is 4.23. The monoisotopic (exact) mass is 367 g/mol. The maximum atomic E-state index is 13.9. The molecular formula is C17H18FN9. The molecule has 5 N–H and O–H groups in total. The van der Waals surface area contributed by atoms with Crippen molar-refractivity contribution < 1.29 is 4.39 Å². The number of hydrogen-bond donors (Lipinski definition) is 3. The molecule has 1 atom stereocenters. The van der Waals surface area contributed by atoms with Gasteiger partial charge in [-0.1, -0.05) is 0 Å². The Morgan fingerprint density at radius 1 is 1.19 bits per heavy atom. The Labute approximate surface area is 153 Å². The second-order valence-electron chi connectivity index (χ2n) is 6.17. The third kappa shape index (κ3) is 2.90. The summed E-state index contributed by atoms with van der Waals surface area (Å²) in [6, 6.07) is 5.96. The molecule has 138 valence electrons. The van der Waals surface area contributed by atoms with Crippen LogP contribution in [0, 0.1) is 5.82 Å². The van der Waals surface area contributed by atoms with Gasteiger partial charge in [0.2, 0.25) is 0 Å². The first-order valence-electron chi connectivity index (χ1n) is 8.24. The van der Waals surface area contributed by atoms with E-state index < -0.39 is 0 Å². The minimum atomic E-state index is -0.348. The van der Waals surface area contributed by atoms with Crippen molar-refractivity contribution in [1.29, 1.82) is 0 Å². The summed E-state index contributed by atoms with van der Waals surface area (Å²) in [6.07, 6.45) is 3.14. The number of halogens is 1. The number of nitrogen functional groups attached to an aromatic ring is 2.